The molecule has 0 aromatic heterocycles. The number of benzene rings is 2. The molecule has 1 N–H and O–H groups in total. The zero-order valence-corrected chi connectivity index (χ0v) is 10.7. The molecule has 0 amide bonds. The lowest BCUT2D eigenvalue weighted by molar-refractivity contribution is 0.0698. The summed E-state index contributed by atoms with van der Waals surface area (Å²) in [6.45, 7) is 2.01. The highest BCUT2D eigenvalue weighted by molar-refractivity contribution is 6.34. The first-order valence-electron chi connectivity index (χ1n) is 5.74. The minimum absolute atomic E-state index is 0.167. The van der Waals surface area contributed by atoms with Gasteiger partial charge in [0.05, 0.1) is 10.6 Å². The Morgan fingerprint density at radius 1 is 1.22 bits per heavy atom. The maximum atomic E-state index is 11.3. The normalized spacial score (nSPS) is 10.3. The molecule has 0 aliphatic carbocycles. The quantitative estimate of drug-likeness (QED) is 0.895. The van der Waals surface area contributed by atoms with E-state index >= 15 is 0 Å². The van der Waals surface area contributed by atoms with Gasteiger partial charge in [-0.15, -0.1) is 0 Å². The zero-order chi connectivity index (χ0) is 13.1. The van der Waals surface area contributed by atoms with Gasteiger partial charge >= 0.3 is 5.97 Å². The Hall–Kier alpha value is -1.80. The third-order valence-electron chi connectivity index (χ3n) is 2.86. The zero-order valence-electron chi connectivity index (χ0n) is 9.98. The molecular formula is C15H13ClO2. The van der Waals surface area contributed by atoms with Crippen LogP contribution in [0.2, 0.25) is 5.02 Å². The molecule has 0 unspecified atom stereocenters. The number of carboxylic acid groups (broad SMARTS) is 1. The summed E-state index contributed by atoms with van der Waals surface area (Å²) in [5, 5.41) is 9.58. The maximum Gasteiger partial charge on any atom is 0.337 e. The fourth-order valence-electron chi connectivity index (χ4n) is 1.93. The molecule has 2 aromatic rings. The van der Waals surface area contributed by atoms with E-state index in [-0.39, 0.29) is 5.56 Å². The molecule has 0 aliphatic rings. The van der Waals surface area contributed by atoms with E-state index in [1.807, 2.05) is 43.3 Å². The van der Waals surface area contributed by atoms with Crippen LogP contribution in [0, 0.1) is 0 Å². The molecule has 0 fully saturated rings. The minimum Gasteiger partial charge on any atom is -0.478 e. The van der Waals surface area contributed by atoms with Gasteiger partial charge in [-0.1, -0.05) is 54.9 Å². The Kier molecular flexibility index (Phi) is 3.68. The van der Waals surface area contributed by atoms with Gasteiger partial charge in [-0.3, -0.25) is 0 Å². The number of halogens is 1. The van der Waals surface area contributed by atoms with Crippen LogP contribution in [0.25, 0.3) is 11.1 Å². The third kappa shape index (κ3) is 2.39. The molecule has 0 bridgehead atoms. The molecule has 0 atom stereocenters. The second-order valence-corrected chi connectivity index (χ2v) is 4.43. The molecule has 0 aliphatic heterocycles. The first kappa shape index (κ1) is 12.7. The number of hydrogen-bond donors (Lipinski definition) is 1. The van der Waals surface area contributed by atoms with Crippen LogP contribution < -0.4 is 0 Å². The highest BCUT2D eigenvalue weighted by atomic mass is 35.5. The first-order valence-corrected chi connectivity index (χ1v) is 6.12. The summed E-state index contributed by atoms with van der Waals surface area (Å²) in [4.78, 5) is 11.3. The molecule has 18 heavy (non-hydrogen) atoms. The predicted octanol–water partition coefficient (Wildman–Crippen LogP) is 4.27. The number of hydrogen-bond acceptors (Lipinski definition) is 1. The van der Waals surface area contributed by atoms with Crippen molar-refractivity contribution < 1.29 is 9.90 Å². The lowest BCUT2D eigenvalue weighted by atomic mass is 9.96. The van der Waals surface area contributed by atoms with Gasteiger partial charge in [0.2, 0.25) is 0 Å². The SMILES string of the molecule is CCc1cc(Cl)c(C(=O)O)c(-c2ccccc2)c1. The Morgan fingerprint density at radius 3 is 2.44 bits per heavy atom. The van der Waals surface area contributed by atoms with E-state index in [1.54, 1.807) is 6.07 Å². The average molecular weight is 261 g/mol. The highest BCUT2D eigenvalue weighted by Crippen LogP contribution is 2.31. The van der Waals surface area contributed by atoms with Crippen LogP contribution in [0.3, 0.4) is 0 Å². The molecule has 0 heterocycles. The fraction of sp³-hybridized carbons (Fsp3) is 0.133. The van der Waals surface area contributed by atoms with Crippen LogP contribution in [0.5, 0.6) is 0 Å². The Balaban J connectivity index is 2.71. The van der Waals surface area contributed by atoms with Gasteiger partial charge in [0.15, 0.2) is 0 Å². The average Bonchev–Trinajstić information content (AvgIpc) is 2.38. The van der Waals surface area contributed by atoms with Gasteiger partial charge in [0.25, 0.3) is 0 Å². The Labute approximate surface area is 111 Å². The van der Waals surface area contributed by atoms with Crippen molar-refractivity contribution in [1.82, 2.24) is 0 Å². The Morgan fingerprint density at radius 2 is 1.89 bits per heavy atom. The molecule has 2 rings (SSSR count). The van der Waals surface area contributed by atoms with Gasteiger partial charge < -0.3 is 5.11 Å². The van der Waals surface area contributed by atoms with Gasteiger partial charge in [0, 0.05) is 0 Å². The summed E-state index contributed by atoms with van der Waals surface area (Å²) in [7, 11) is 0. The van der Waals surface area contributed by atoms with Crippen molar-refractivity contribution in [2.24, 2.45) is 0 Å². The van der Waals surface area contributed by atoms with Crippen molar-refractivity contribution in [2.75, 3.05) is 0 Å². The largest absolute Gasteiger partial charge is 0.478 e. The molecule has 0 spiro atoms. The molecule has 0 saturated heterocycles. The number of carbonyl (C=O) groups is 1. The third-order valence-corrected chi connectivity index (χ3v) is 3.16. The van der Waals surface area contributed by atoms with E-state index in [0.717, 1.165) is 17.5 Å². The van der Waals surface area contributed by atoms with Crippen molar-refractivity contribution in [3.63, 3.8) is 0 Å². The second-order valence-electron chi connectivity index (χ2n) is 4.02. The summed E-state index contributed by atoms with van der Waals surface area (Å²) in [5.74, 6) is -0.999. The standard InChI is InChI=1S/C15H13ClO2/c1-2-10-8-12(11-6-4-3-5-7-11)14(15(17)18)13(16)9-10/h3-9H,2H2,1H3,(H,17,18). The lowest BCUT2D eigenvalue weighted by Gasteiger charge is -2.10. The van der Waals surface area contributed by atoms with E-state index in [4.69, 9.17) is 11.6 Å². The van der Waals surface area contributed by atoms with Crippen LogP contribution in [-0.2, 0) is 6.42 Å². The van der Waals surface area contributed by atoms with E-state index in [0.29, 0.717) is 10.6 Å². The summed E-state index contributed by atoms with van der Waals surface area (Å²) in [6.07, 6.45) is 0.819. The van der Waals surface area contributed by atoms with Crippen LogP contribution in [-0.4, -0.2) is 11.1 Å². The second kappa shape index (κ2) is 5.23. The predicted molar refractivity (Wildman–Crippen MR) is 73.2 cm³/mol. The first-order chi connectivity index (χ1) is 8.63. The molecule has 3 heteroatoms. The smallest absolute Gasteiger partial charge is 0.337 e. The summed E-state index contributed by atoms with van der Waals surface area (Å²) >= 11 is 6.08. The van der Waals surface area contributed by atoms with Crippen molar-refractivity contribution in [3.8, 4) is 11.1 Å². The van der Waals surface area contributed by atoms with E-state index < -0.39 is 5.97 Å². The Bertz CT molecular complexity index is 577. The number of rotatable bonds is 3. The number of aromatic carboxylic acids is 1. The summed E-state index contributed by atoms with van der Waals surface area (Å²) in [5.41, 5.74) is 2.74. The van der Waals surface area contributed by atoms with Crippen LogP contribution in [0.1, 0.15) is 22.8 Å². The topological polar surface area (TPSA) is 37.3 Å². The lowest BCUT2D eigenvalue weighted by Crippen LogP contribution is -2.02. The van der Waals surface area contributed by atoms with Crippen LogP contribution >= 0.6 is 11.6 Å². The van der Waals surface area contributed by atoms with Crippen LogP contribution in [0.4, 0.5) is 0 Å². The van der Waals surface area contributed by atoms with Crippen molar-refractivity contribution in [3.05, 3.63) is 58.6 Å². The molecule has 2 aromatic carbocycles. The summed E-state index contributed by atoms with van der Waals surface area (Å²) in [6, 6.07) is 13.0. The molecular weight excluding hydrogens is 248 g/mol. The minimum atomic E-state index is -0.999. The molecule has 0 saturated carbocycles. The van der Waals surface area contributed by atoms with E-state index in [9.17, 15) is 9.90 Å². The monoisotopic (exact) mass is 260 g/mol. The number of aryl methyl sites for hydroxylation is 1. The summed E-state index contributed by atoms with van der Waals surface area (Å²) < 4.78 is 0. The van der Waals surface area contributed by atoms with Crippen molar-refractivity contribution in [2.45, 2.75) is 13.3 Å². The van der Waals surface area contributed by atoms with Gasteiger partial charge in [-0.05, 0) is 29.2 Å². The fourth-order valence-corrected chi connectivity index (χ4v) is 2.25. The van der Waals surface area contributed by atoms with Crippen molar-refractivity contribution >= 4 is 17.6 Å². The van der Waals surface area contributed by atoms with E-state index in [1.165, 1.54) is 0 Å². The molecule has 92 valence electrons. The molecule has 0 radical (unpaired) electrons. The number of carboxylic acids is 1. The van der Waals surface area contributed by atoms with E-state index in [2.05, 4.69) is 0 Å². The molecule has 2 nitrogen and oxygen atoms in total. The van der Waals surface area contributed by atoms with Gasteiger partial charge in [-0.25, -0.2) is 4.79 Å². The maximum absolute atomic E-state index is 11.3. The van der Waals surface area contributed by atoms with Crippen molar-refractivity contribution in [1.29, 1.82) is 0 Å². The highest BCUT2D eigenvalue weighted by Gasteiger charge is 2.16. The van der Waals surface area contributed by atoms with Crippen LogP contribution in [0.15, 0.2) is 42.5 Å². The van der Waals surface area contributed by atoms with Gasteiger partial charge in [0.1, 0.15) is 0 Å². The van der Waals surface area contributed by atoms with Gasteiger partial charge in [-0.2, -0.15) is 0 Å².